The molecule has 0 saturated heterocycles. The Kier molecular flexibility index (Phi) is 4.69. The Morgan fingerprint density at radius 1 is 1.30 bits per heavy atom. The van der Waals surface area contributed by atoms with Gasteiger partial charge >= 0.3 is 5.97 Å². The second-order valence-electron chi connectivity index (χ2n) is 4.66. The minimum atomic E-state index is -0.905. The Labute approximate surface area is 118 Å². The van der Waals surface area contributed by atoms with E-state index < -0.39 is 12.0 Å². The van der Waals surface area contributed by atoms with Gasteiger partial charge in [-0.05, 0) is 18.7 Å². The summed E-state index contributed by atoms with van der Waals surface area (Å²) in [5, 5.41) is 12.4. The summed E-state index contributed by atoms with van der Waals surface area (Å²) < 4.78 is 5.03. The highest BCUT2D eigenvalue weighted by Gasteiger charge is 2.28. The predicted octanol–water partition coefficient (Wildman–Crippen LogP) is 2.86. The number of pyridine rings is 1. The van der Waals surface area contributed by atoms with Crippen LogP contribution in [-0.4, -0.2) is 22.7 Å². The van der Waals surface area contributed by atoms with E-state index in [2.05, 4.69) is 4.98 Å². The zero-order valence-corrected chi connectivity index (χ0v) is 11.7. The third-order valence-corrected chi connectivity index (χ3v) is 3.43. The summed E-state index contributed by atoms with van der Waals surface area (Å²) in [5.41, 5.74) is 0.669. The lowest BCUT2D eigenvalue weighted by Crippen LogP contribution is -2.24. The Hall–Kier alpha value is -1.94. The second-order valence-corrected chi connectivity index (χ2v) is 4.66. The molecule has 1 N–H and O–H groups in total. The zero-order valence-electron chi connectivity index (χ0n) is 11.7. The number of benzene rings is 1. The van der Waals surface area contributed by atoms with E-state index in [1.807, 2.05) is 31.2 Å². The van der Waals surface area contributed by atoms with Gasteiger partial charge in [0, 0.05) is 23.3 Å². The van der Waals surface area contributed by atoms with Crippen LogP contribution in [0.25, 0.3) is 10.8 Å². The van der Waals surface area contributed by atoms with Crippen molar-refractivity contribution in [3.63, 3.8) is 0 Å². The van der Waals surface area contributed by atoms with Crippen molar-refractivity contribution in [3.8, 4) is 0 Å². The van der Waals surface area contributed by atoms with Crippen LogP contribution in [0.3, 0.4) is 0 Å². The largest absolute Gasteiger partial charge is 0.466 e. The van der Waals surface area contributed by atoms with Crippen LogP contribution >= 0.6 is 0 Å². The third-order valence-electron chi connectivity index (χ3n) is 3.43. The van der Waals surface area contributed by atoms with E-state index in [1.165, 1.54) is 0 Å². The van der Waals surface area contributed by atoms with Gasteiger partial charge in [0.2, 0.25) is 0 Å². The maximum Gasteiger partial charge on any atom is 0.311 e. The molecule has 0 spiro atoms. The molecule has 2 atom stereocenters. The molecule has 0 radical (unpaired) electrons. The van der Waals surface area contributed by atoms with Crippen LogP contribution in [0.5, 0.6) is 0 Å². The molecule has 0 aliphatic rings. The number of hydrogen-bond acceptors (Lipinski definition) is 4. The number of aromatic nitrogens is 1. The molecular weight excluding hydrogens is 254 g/mol. The molecular formula is C16H19NO3. The fourth-order valence-corrected chi connectivity index (χ4v) is 2.36. The molecule has 2 aromatic rings. The van der Waals surface area contributed by atoms with Crippen molar-refractivity contribution < 1.29 is 14.6 Å². The van der Waals surface area contributed by atoms with Crippen molar-refractivity contribution in [2.45, 2.75) is 26.4 Å². The van der Waals surface area contributed by atoms with Gasteiger partial charge in [0.05, 0.1) is 18.6 Å². The number of aliphatic hydroxyl groups is 1. The summed E-state index contributed by atoms with van der Waals surface area (Å²) in [6, 6.07) is 7.68. The van der Waals surface area contributed by atoms with Crippen molar-refractivity contribution in [1.29, 1.82) is 0 Å². The summed E-state index contributed by atoms with van der Waals surface area (Å²) in [6.07, 6.45) is 2.98. The highest BCUT2D eigenvalue weighted by atomic mass is 16.5. The van der Waals surface area contributed by atoms with Gasteiger partial charge in [-0.1, -0.05) is 31.2 Å². The zero-order chi connectivity index (χ0) is 14.5. The lowest BCUT2D eigenvalue weighted by molar-refractivity contribution is -0.152. The maximum atomic E-state index is 11.9. The molecule has 2 rings (SSSR count). The van der Waals surface area contributed by atoms with Crippen molar-refractivity contribution in [3.05, 3.63) is 42.2 Å². The molecule has 0 saturated carbocycles. The van der Waals surface area contributed by atoms with Gasteiger partial charge in [-0.2, -0.15) is 0 Å². The first-order chi connectivity index (χ1) is 9.69. The number of fused-ring (bicyclic) bond motifs is 1. The average Bonchev–Trinajstić information content (AvgIpc) is 2.47. The third kappa shape index (κ3) is 2.80. The van der Waals surface area contributed by atoms with Gasteiger partial charge in [0.1, 0.15) is 0 Å². The van der Waals surface area contributed by atoms with Crippen molar-refractivity contribution in [2.75, 3.05) is 6.61 Å². The number of nitrogens with zero attached hydrogens (tertiary/aromatic N) is 1. The molecule has 0 amide bonds. The van der Waals surface area contributed by atoms with Gasteiger partial charge in [-0.25, -0.2) is 0 Å². The number of carbonyl (C=O) groups excluding carboxylic acids is 1. The minimum absolute atomic E-state index is 0.315. The van der Waals surface area contributed by atoms with Gasteiger partial charge in [0.25, 0.3) is 0 Å². The van der Waals surface area contributed by atoms with Gasteiger partial charge < -0.3 is 9.84 Å². The van der Waals surface area contributed by atoms with Crippen LogP contribution < -0.4 is 0 Å². The molecule has 4 nitrogen and oxygen atoms in total. The first-order valence-electron chi connectivity index (χ1n) is 6.86. The first kappa shape index (κ1) is 14.5. The number of rotatable bonds is 5. The van der Waals surface area contributed by atoms with E-state index in [0.29, 0.717) is 18.6 Å². The summed E-state index contributed by atoms with van der Waals surface area (Å²) >= 11 is 0. The summed E-state index contributed by atoms with van der Waals surface area (Å²) in [6.45, 7) is 3.94. The molecule has 0 fully saturated rings. The molecule has 2 unspecified atom stereocenters. The van der Waals surface area contributed by atoms with Crippen molar-refractivity contribution in [1.82, 2.24) is 4.98 Å². The van der Waals surface area contributed by atoms with E-state index in [9.17, 15) is 9.90 Å². The number of ether oxygens (including phenoxy) is 1. The molecule has 0 aliphatic heterocycles. The minimum Gasteiger partial charge on any atom is -0.466 e. The average molecular weight is 273 g/mol. The van der Waals surface area contributed by atoms with E-state index in [-0.39, 0.29) is 5.97 Å². The van der Waals surface area contributed by atoms with Crippen LogP contribution in [0.4, 0.5) is 0 Å². The lowest BCUT2D eigenvalue weighted by atomic mass is 9.91. The van der Waals surface area contributed by atoms with E-state index >= 15 is 0 Å². The monoisotopic (exact) mass is 273 g/mol. The van der Waals surface area contributed by atoms with Crippen LogP contribution in [0.1, 0.15) is 31.9 Å². The predicted molar refractivity (Wildman–Crippen MR) is 77.1 cm³/mol. The van der Waals surface area contributed by atoms with Crippen LogP contribution in [0, 0.1) is 5.92 Å². The maximum absolute atomic E-state index is 11.9. The molecule has 1 aromatic carbocycles. The van der Waals surface area contributed by atoms with E-state index in [4.69, 9.17) is 4.74 Å². The number of esters is 1. The van der Waals surface area contributed by atoms with E-state index in [1.54, 1.807) is 19.3 Å². The number of hydrogen-bond donors (Lipinski definition) is 1. The van der Waals surface area contributed by atoms with Crippen molar-refractivity contribution in [2.24, 2.45) is 5.92 Å². The highest BCUT2D eigenvalue weighted by Crippen LogP contribution is 2.30. The highest BCUT2D eigenvalue weighted by molar-refractivity contribution is 5.85. The summed E-state index contributed by atoms with van der Waals surface area (Å²) in [5.74, 6) is -0.932. The Balaban J connectivity index is 2.39. The van der Waals surface area contributed by atoms with Crippen LogP contribution in [0.15, 0.2) is 36.7 Å². The molecule has 0 bridgehead atoms. The van der Waals surface area contributed by atoms with Crippen molar-refractivity contribution >= 4 is 16.7 Å². The molecule has 4 heteroatoms. The fourth-order valence-electron chi connectivity index (χ4n) is 2.36. The normalized spacial score (nSPS) is 13.9. The second kappa shape index (κ2) is 6.48. The molecule has 106 valence electrons. The number of carbonyl (C=O) groups is 1. The fraction of sp³-hybridized carbons (Fsp3) is 0.375. The van der Waals surface area contributed by atoms with Crippen LogP contribution in [0.2, 0.25) is 0 Å². The molecule has 1 heterocycles. The standard InChI is InChI=1S/C16H19NO3/c1-3-12(16(19)20-4-2)15(18)14-10-17-9-11-7-5-6-8-13(11)14/h5-10,12,15,18H,3-4H2,1-2H3. The molecule has 0 aliphatic carbocycles. The lowest BCUT2D eigenvalue weighted by Gasteiger charge is -2.21. The first-order valence-corrected chi connectivity index (χ1v) is 6.86. The molecule has 1 aromatic heterocycles. The SMILES string of the molecule is CCOC(=O)C(CC)C(O)c1cncc2ccccc12. The van der Waals surface area contributed by atoms with Crippen LogP contribution in [-0.2, 0) is 9.53 Å². The number of aliphatic hydroxyl groups excluding tert-OH is 1. The van der Waals surface area contributed by atoms with Gasteiger partial charge in [-0.15, -0.1) is 0 Å². The van der Waals surface area contributed by atoms with Gasteiger partial charge in [-0.3, -0.25) is 9.78 Å². The Morgan fingerprint density at radius 3 is 2.75 bits per heavy atom. The Morgan fingerprint density at radius 2 is 2.05 bits per heavy atom. The Bertz CT molecular complexity index is 592. The van der Waals surface area contributed by atoms with Gasteiger partial charge in [0.15, 0.2) is 0 Å². The smallest absolute Gasteiger partial charge is 0.311 e. The van der Waals surface area contributed by atoms with E-state index in [0.717, 1.165) is 10.8 Å². The topological polar surface area (TPSA) is 59.4 Å². The quantitative estimate of drug-likeness (QED) is 0.851. The summed E-state index contributed by atoms with van der Waals surface area (Å²) in [7, 11) is 0. The summed E-state index contributed by atoms with van der Waals surface area (Å²) in [4.78, 5) is 16.1. The molecule has 20 heavy (non-hydrogen) atoms.